The number of carbonyl (C=O) groups excluding carboxylic acids is 1. The van der Waals surface area contributed by atoms with Crippen molar-refractivity contribution >= 4 is 5.78 Å². The molecular formula is C21H18O2. The van der Waals surface area contributed by atoms with Gasteiger partial charge in [0, 0.05) is 12.0 Å². The first kappa shape index (κ1) is 15.0. The van der Waals surface area contributed by atoms with E-state index >= 15 is 0 Å². The third-order valence-corrected chi connectivity index (χ3v) is 3.64. The van der Waals surface area contributed by atoms with Gasteiger partial charge in [0.25, 0.3) is 0 Å². The molecule has 0 radical (unpaired) electrons. The minimum absolute atomic E-state index is 0.111. The fraction of sp³-hybridized carbons (Fsp3) is 0.0952. The molecule has 0 fully saturated rings. The van der Waals surface area contributed by atoms with E-state index < -0.39 is 0 Å². The van der Waals surface area contributed by atoms with E-state index in [0.29, 0.717) is 12.0 Å². The quantitative estimate of drug-likeness (QED) is 0.604. The maximum atomic E-state index is 12.3. The van der Waals surface area contributed by atoms with Crippen molar-refractivity contribution in [1.82, 2.24) is 0 Å². The molecule has 0 spiro atoms. The third-order valence-electron chi connectivity index (χ3n) is 3.64. The van der Waals surface area contributed by atoms with Crippen LogP contribution in [-0.2, 0) is 6.42 Å². The molecule has 3 rings (SSSR count). The van der Waals surface area contributed by atoms with Crippen LogP contribution in [0.3, 0.4) is 0 Å². The molecule has 0 N–H and O–H groups in total. The van der Waals surface area contributed by atoms with Crippen LogP contribution in [0, 0.1) is 6.92 Å². The maximum Gasteiger partial charge on any atom is 0.167 e. The average Bonchev–Trinajstić information content (AvgIpc) is 2.58. The van der Waals surface area contributed by atoms with Gasteiger partial charge >= 0.3 is 0 Å². The van der Waals surface area contributed by atoms with Crippen LogP contribution < -0.4 is 4.74 Å². The Labute approximate surface area is 136 Å². The molecule has 0 bridgehead atoms. The summed E-state index contributed by atoms with van der Waals surface area (Å²) in [5, 5.41) is 0. The number of benzene rings is 3. The van der Waals surface area contributed by atoms with Crippen LogP contribution in [0.25, 0.3) is 0 Å². The van der Waals surface area contributed by atoms with Crippen molar-refractivity contribution in [2.24, 2.45) is 0 Å². The van der Waals surface area contributed by atoms with Crippen LogP contribution >= 0.6 is 0 Å². The zero-order valence-corrected chi connectivity index (χ0v) is 13.0. The van der Waals surface area contributed by atoms with Crippen LogP contribution in [0.2, 0.25) is 0 Å². The van der Waals surface area contributed by atoms with Crippen LogP contribution in [0.5, 0.6) is 11.5 Å². The second-order valence-corrected chi connectivity index (χ2v) is 5.53. The highest BCUT2D eigenvalue weighted by Gasteiger charge is 2.07. The number of rotatable bonds is 5. The van der Waals surface area contributed by atoms with Gasteiger partial charge in [-0.3, -0.25) is 4.79 Å². The normalized spacial score (nSPS) is 10.3. The summed E-state index contributed by atoms with van der Waals surface area (Å²) >= 11 is 0. The van der Waals surface area contributed by atoms with Crippen LogP contribution in [0.4, 0.5) is 0 Å². The van der Waals surface area contributed by atoms with Crippen molar-refractivity contribution in [2.75, 3.05) is 0 Å². The molecule has 0 saturated heterocycles. The Bertz CT molecular complexity index is 772. The molecule has 0 aromatic heterocycles. The summed E-state index contributed by atoms with van der Waals surface area (Å²) in [6.45, 7) is 2.04. The zero-order valence-electron chi connectivity index (χ0n) is 13.0. The first-order valence-corrected chi connectivity index (χ1v) is 7.62. The SMILES string of the molecule is Cc1ccc(CC(=O)c2ccc(Oc3ccccc3)cc2)cc1. The lowest BCUT2D eigenvalue weighted by Gasteiger charge is -2.06. The number of ether oxygens (including phenoxy) is 1. The van der Waals surface area contributed by atoms with Gasteiger partial charge in [0.15, 0.2) is 5.78 Å². The Morgan fingerprint density at radius 2 is 1.39 bits per heavy atom. The lowest BCUT2D eigenvalue weighted by molar-refractivity contribution is 0.0993. The van der Waals surface area contributed by atoms with Gasteiger partial charge in [0.2, 0.25) is 0 Å². The summed E-state index contributed by atoms with van der Waals surface area (Å²) in [6, 6.07) is 24.9. The van der Waals surface area contributed by atoms with Crippen molar-refractivity contribution in [3.63, 3.8) is 0 Å². The highest BCUT2D eigenvalue weighted by Crippen LogP contribution is 2.21. The second kappa shape index (κ2) is 6.93. The van der Waals surface area contributed by atoms with Gasteiger partial charge < -0.3 is 4.74 Å². The van der Waals surface area contributed by atoms with E-state index in [1.807, 2.05) is 85.8 Å². The molecule has 2 nitrogen and oxygen atoms in total. The molecule has 0 aliphatic rings. The molecule has 0 heterocycles. The van der Waals surface area contributed by atoms with Gasteiger partial charge in [0.1, 0.15) is 11.5 Å². The number of hydrogen-bond donors (Lipinski definition) is 0. The van der Waals surface area contributed by atoms with E-state index in [9.17, 15) is 4.79 Å². The van der Waals surface area contributed by atoms with Crippen molar-refractivity contribution in [1.29, 1.82) is 0 Å². The predicted molar refractivity (Wildman–Crippen MR) is 92.2 cm³/mol. The number of hydrogen-bond acceptors (Lipinski definition) is 2. The molecule has 23 heavy (non-hydrogen) atoms. The fourth-order valence-corrected chi connectivity index (χ4v) is 2.33. The Balaban J connectivity index is 1.66. The van der Waals surface area contributed by atoms with Gasteiger partial charge in [-0.15, -0.1) is 0 Å². The van der Waals surface area contributed by atoms with E-state index in [0.717, 1.165) is 17.1 Å². The second-order valence-electron chi connectivity index (χ2n) is 5.53. The van der Waals surface area contributed by atoms with Gasteiger partial charge in [-0.1, -0.05) is 48.0 Å². The van der Waals surface area contributed by atoms with Crippen LogP contribution in [0.15, 0.2) is 78.9 Å². The molecule has 114 valence electrons. The molecule has 0 aliphatic carbocycles. The summed E-state index contributed by atoms with van der Waals surface area (Å²) < 4.78 is 5.73. The molecule has 0 amide bonds. The molecular weight excluding hydrogens is 284 g/mol. The molecule has 3 aromatic rings. The maximum absolute atomic E-state index is 12.3. The van der Waals surface area contributed by atoms with Crippen molar-refractivity contribution in [2.45, 2.75) is 13.3 Å². The Morgan fingerprint density at radius 1 is 0.783 bits per heavy atom. The first-order chi connectivity index (χ1) is 11.2. The van der Waals surface area contributed by atoms with Crippen molar-refractivity contribution in [3.05, 3.63) is 95.6 Å². The summed E-state index contributed by atoms with van der Waals surface area (Å²) in [7, 11) is 0. The minimum atomic E-state index is 0.111. The largest absolute Gasteiger partial charge is 0.457 e. The van der Waals surface area contributed by atoms with E-state index in [1.165, 1.54) is 5.56 Å². The topological polar surface area (TPSA) is 26.3 Å². The number of aryl methyl sites for hydroxylation is 1. The Morgan fingerprint density at radius 3 is 2.04 bits per heavy atom. The lowest BCUT2D eigenvalue weighted by Crippen LogP contribution is -2.03. The predicted octanol–water partition coefficient (Wildman–Crippen LogP) is 5.21. The van der Waals surface area contributed by atoms with Gasteiger partial charge in [-0.05, 0) is 48.9 Å². The standard InChI is InChI=1S/C21H18O2/c1-16-7-9-17(10-8-16)15-21(22)18-11-13-20(14-12-18)23-19-5-3-2-4-6-19/h2-14H,15H2,1H3. The number of para-hydroxylation sites is 1. The van der Waals surface area contributed by atoms with E-state index in [4.69, 9.17) is 4.74 Å². The zero-order chi connectivity index (χ0) is 16.1. The highest BCUT2D eigenvalue weighted by atomic mass is 16.5. The van der Waals surface area contributed by atoms with E-state index in [2.05, 4.69) is 0 Å². The molecule has 0 aliphatic heterocycles. The van der Waals surface area contributed by atoms with Gasteiger partial charge in [0.05, 0.1) is 0 Å². The average molecular weight is 302 g/mol. The molecule has 0 saturated carbocycles. The third kappa shape index (κ3) is 4.07. The van der Waals surface area contributed by atoms with E-state index in [1.54, 1.807) is 0 Å². The van der Waals surface area contributed by atoms with Crippen LogP contribution in [-0.4, -0.2) is 5.78 Å². The van der Waals surface area contributed by atoms with Gasteiger partial charge in [-0.2, -0.15) is 0 Å². The lowest BCUT2D eigenvalue weighted by atomic mass is 10.0. The van der Waals surface area contributed by atoms with Crippen molar-refractivity contribution in [3.8, 4) is 11.5 Å². The van der Waals surface area contributed by atoms with Crippen LogP contribution in [0.1, 0.15) is 21.5 Å². The summed E-state index contributed by atoms with van der Waals surface area (Å²) in [6.07, 6.45) is 0.416. The summed E-state index contributed by atoms with van der Waals surface area (Å²) in [5.41, 5.74) is 2.93. The monoisotopic (exact) mass is 302 g/mol. The number of carbonyl (C=O) groups is 1. The number of Topliss-reactive ketones (excluding diaryl/α,β-unsaturated/α-hetero) is 1. The molecule has 3 aromatic carbocycles. The minimum Gasteiger partial charge on any atom is -0.457 e. The first-order valence-electron chi connectivity index (χ1n) is 7.62. The molecule has 0 unspecified atom stereocenters. The smallest absolute Gasteiger partial charge is 0.167 e. The van der Waals surface area contributed by atoms with Gasteiger partial charge in [-0.25, -0.2) is 0 Å². The molecule has 2 heteroatoms. The van der Waals surface area contributed by atoms with Crippen molar-refractivity contribution < 1.29 is 9.53 Å². The van der Waals surface area contributed by atoms with E-state index in [-0.39, 0.29) is 5.78 Å². The number of ketones is 1. The molecule has 0 atom stereocenters. The Hall–Kier alpha value is -2.87. The Kier molecular flexibility index (Phi) is 4.53. The summed E-state index contributed by atoms with van der Waals surface area (Å²) in [4.78, 5) is 12.3. The summed E-state index contributed by atoms with van der Waals surface area (Å²) in [5.74, 6) is 1.62. The fourth-order valence-electron chi connectivity index (χ4n) is 2.33. The highest BCUT2D eigenvalue weighted by molar-refractivity contribution is 5.97.